The van der Waals surface area contributed by atoms with Gasteiger partial charge in [0.15, 0.2) is 0 Å². The van der Waals surface area contributed by atoms with E-state index in [1.165, 1.54) is 12.8 Å². The molecule has 2 aromatic heterocycles. The van der Waals surface area contributed by atoms with Crippen molar-refractivity contribution < 1.29 is 4.79 Å². The first-order valence-electron chi connectivity index (χ1n) is 8.94. The SMILES string of the molecule is Cc1ncc(CC(=O)N2CCC(N(c3ccncn3)C3CC3)CC2)s1. The van der Waals surface area contributed by atoms with Crippen LogP contribution in [0.5, 0.6) is 0 Å². The van der Waals surface area contributed by atoms with Crippen molar-refractivity contribution in [3.63, 3.8) is 0 Å². The Bertz CT molecular complexity index is 722. The van der Waals surface area contributed by atoms with Gasteiger partial charge in [0.2, 0.25) is 5.91 Å². The van der Waals surface area contributed by atoms with E-state index in [2.05, 4.69) is 19.9 Å². The minimum atomic E-state index is 0.224. The molecule has 7 heteroatoms. The van der Waals surface area contributed by atoms with Crippen LogP contribution in [-0.2, 0) is 11.2 Å². The van der Waals surface area contributed by atoms with Crippen molar-refractivity contribution in [3.05, 3.63) is 34.7 Å². The second kappa shape index (κ2) is 7.07. The van der Waals surface area contributed by atoms with E-state index in [0.29, 0.717) is 18.5 Å². The Labute approximate surface area is 151 Å². The Morgan fingerprint density at radius 1 is 1.24 bits per heavy atom. The average Bonchev–Trinajstić information content (AvgIpc) is 3.38. The van der Waals surface area contributed by atoms with Gasteiger partial charge in [-0.2, -0.15) is 0 Å². The fourth-order valence-electron chi connectivity index (χ4n) is 3.60. The van der Waals surface area contributed by atoms with Crippen molar-refractivity contribution in [2.24, 2.45) is 0 Å². The number of hydrogen-bond acceptors (Lipinski definition) is 6. The number of rotatable bonds is 5. The van der Waals surface area contributed by atoms with Gasteiger partial charge >= 0.3 is 0 Å². The van der Waals surface area contributed by atoms with E-state index in [1.54, 1.807) is 17.7 Å². The normalized spacial score (nSPS) is 18.4. The van der Waals surface area contributed by atoms with Gasteiger partial charge in [0.25, 0.3) is 0 Å². The third kappa shape index (κ3) is 3.81. The van der Waals surface area contributed by atoms with Crippen LogP contribution in [0.15, 0.2) is 24.8 Å². The Kier molecular flexibility index (Phi) is 4.65. The molecule has 6 nitrogen and oxygen atoms in total. The number of carbonyl (C=O) groups excluding carboxylic acids is 1. The van der Waals surface area contributed by atoms with E-state index < -0.39 is 0 Å². The number of amides is 1. The maximum atomic E-state index is 12.5. The fourth-order valence-corrected chi connectivity index (χ4v) is 4.39. The van der Waals surface area contributed by atoms with Crippen LogP contribution in [0.1, 0.15) is 35.6 Å². The molecule has 3 heterocycles. The predicted molar refractivity (Wildman–Crippen MR) is 97.7 cm³/mol. The van der Waals surface area contributed by atoms with Crippen LogP contribution in [0.2, 0.25) is 0 Å². The van der Waals surface area contributed by atoms with Crippen molar-refractivity contribution in [1.82, 2.24) is 19.9 Å². The summed E-state index contributed by atoms with van der Waals surface area (Å²) >= 11 is 1.61. The predicted octanol–water partition coefficient (Wildman–Crippen LogP) is 2.44. The van der Waals surface area contributed by atoms with Crippen molar-refractivity contribution >= 4 is 23.1 Å². The standard InChI is InChI=1S/C18H23N5OS/c1-13-20-11-16(25-13)10-18(24)22-8-5-15(6-9-22)23(14-2-3-14)17-4-7-19-12-21-17/h4,7,11-12,14-15H,2-3,5-6,8-10H2,1H3. The van der Waals surface area contributed by atoms with E-state index in [1.807, 2.05) is 30.3 Å². The van der Waals surface area contributed by atoms with Crippen LogP contribution >= 0.6 is 11.3 Å². The van der Waals surface area contributed by atoms with Gasteiger partial charge < -0.3 is 9.80 Å². The molecule has 2 fully saturated rings. The highest BCUT2D eigenvalue weighted by Crippen LogP contribution is 2.35. The first kappa shape index (κ1) is 16.4. The van der Waals surface area contributed by atoms with Gasteiger partial charge in [0.05, 0.1) is 11.4 Å². The number of aromatic nitrogens is 3. The van der Waals surface area contributed by atoms with Crippen LogP contribution in [-0.4, -0.2) is 50.9 Å². The number of aryl methyl sites for hydroxylation is 1. The first-order valence-corrected chi connectivity index (χ1v) is 9.76. The Morgan fingerprint density at radius 2 is 2.00 bits per heavy atom. The zero-order valence-corrected chi connectivity index (χ0v) is 15.3. The zero-order chi connectivity index (χ0) is 17.2. The molecular weight excluding hydrogens is 334 g/mol. The van der Waals surface area contributed by atoms with Crippen molar-refractivity contribution in [2.45, 2.75) is 51.1 Å². The molecule has 0 spiro atoms. The second-order valence-corrected chi connectivity index (χ2v) is 8.16. The Hall–Kier alpha value is -2.02. The third-order valence-electron chi connectivity index (χ3n) is 4.98. The maximum Gasteiger partial charge on any atom is 0.227 e. The Balaban J connectivity index is 1.36. The summed E-state index contributed by atoms with van der Waals surface area (Å²) in [6, 6.07) is 3.08. The van der Waals surface area contributed by atoms with Crippen LogP contribution in [0.25, 0.3) is 0 Å². The molecule has 0 aromatic carbocycles. The number of piperidine rings is 1. The smallest absolute Gasteiger partial charge is 0.227 e. The minimum absolute atomic E-state index is 0.224. The lowest BCUT2D eigenvalue weighted by Crippen LogP contribution is -2.48. The number of hydrogen-bond donors (Lipinski definition) is 0. The molecule has 0 atom stereocenters. The summed E-state index contributed by atoms with van der Waals surface area (Å²) in [4.78, 5) is 30.8. The van der Waals surface area contributed by atoms with E-state index in [9.17, 15) is 4.79 Å². The molecule has 1 saturated heterocycles. The van der Waals surface area contributed by atoms with E-state index in [4.69, 9.17) is 0 Å². The quantitative estimate of drug-likeness (QED) is 0.822. The third-order valence-corrected chi connectivity index (χ3v) is 5.89. The first-order chi connectivity index (χ1) is 12.2. The summed E-state index contributed by atoms with van der Waals surface area (Å²) in [6.45, 7) is 3.63. The number of nitrogens with zero attached hydrogens (tertiary/aromatic N) is 5. The number of thiazole rings is 1. The van der Waals surface area contributed by atoms with E-state index in [-0.39, 0.29) is 5.91 Å². The highest BCUT2D eigenvalue weighted by molar-refractivity contribution is 7.11. The molecule has 0 N–H and O–H groups in total. The van der Waals surface area contributed by atoms with Crippen LogP contribution in [0, 0.1) is 6.92 Å². The van der Waals surface area contributed by atoms with Crippen LogP contribution < -0.4 is 4.90 Å². The van der Waals surface area contributed by atoms with E-state index in [0.717, 1.165) is 41.6 Å². The molecule has 0 bridgehead atoms. The lowest BCUT2D eigenvalue weighted by molar-refractivity contribution is -0.131. The molecule has 2 aliphatic rings. The summed E-state index contributed by atoms with van der Waals surface area (Å²) in [6.07, 6.45) is 10.3. The largest absolute Gasteiger partial charge is 0.350 e. The highest BCUT2D eigenvalue weighted by Gasteiger charge is 2.36. The highest BCUT2D eigenvalue weighted by atomic mass is 32.1. The summed E-state index contributed by atoms with van der Waals surface area (Å²) in [5.74, 6) is 1.25. The van der Waals surface area contributed by atoms with Crippen molar-refractivity contribution in [2.75, 3.05) is 18.0 Å². The molecule has 0 radical (unpaired) electrons. The molecule has 2 aromatic rings. The topological polar surface area (TPSA) is 62.2 Å². The van der Waals surface area contributed by atoms with E-state index >= 15 is 0 Å². The van der Waals surface area contributed by atoms with Gasteiger partial charge in [0.1, 0.15) is 12.1 Å². The molecule has 4 rings (SSSR count). The molecule has 132 valence electrons. The summed E-state index contributed by atoms with van der Waals surface area (Å²) in [5, 5.41) is 1.02. The number of likely N-dealkylation sites (tertiary alicyclic amines) is 1. The number of anilines is 1. The Morgan fingerprint density at radius 3 is 2.60 bits per heavy atom. The summed E-state index contributed by atoms with van der Waals surface area (Å²) < 4.78 is 0. The summed E-state index contributed by atoms with van der Waals surface area (Å²) in [5.41, 5.74) is 0. The molecular formula is C18H23N5OS. The van der Waals surface area contributed by atoms with Gasteiger partial charge in [-0.15, -0.1) is 11.3 Å². The minimum Gasteiger partial charge on any atom is -0.350 e. The van der Waals surface area contributed by atoms with Gasteiger partial charge in [-0.1, -0.05) is 0 Å². The maximum absolute atomic E-state index is 12.5. The molecule has 1 saturated carbocycles. The van der Waals surface area contributed by atoms with Gasteiger partial charge in [0, 0.05) is 42.4 Å². The van der Waals surface area contributed by atoms with Gasteiger partial charge in [-0.25, -0.2) is 15.0 Å². The molecule has 25 heavy (non-hydrogen) atoms. The second-order valence-electron chi connectivity index (χ2n) is 6.84. The molecule has 0 unspecified atom stereocenters. The van der Waals surface area contributed by atoms with Crippen LogP contribution in [0.4, 0.5) is 5.82 Å². The van der Waals surface area contributed by atoms with Crippen LogP contribution in [0.3, 0.4) is 0 Å². The lowest BCUT2D eigenvalue weighted by Gasteiger charge is -2.39. The fraction of sp³-hybridized carbons (Fsp3) is 0.556. The van der Waals surface area contributed by atoms with Gasteiger partial charge in [-0.3, -0.25) is 4.79 Å². The summed E-state index contributed by atoms with van der Waals surface area (Å²) in [7, 11) is 0. The zero-order valence-electron chi connectivity index (χ0n) is 14.5. The average molecular weight is 357 g/mol. The molecule has 1 aliphatic heterocycles. The lowest BCUT2D eigenvalue weighted by atomic mass is 10.0. The van der Waals surface area contributed by atoms with Crippen molar-refractivity contribution in [3.8, 4) is 0 Å². The van der Waals surface area contributed by atoms with Gasteiger partial charge in [-0.05, 0) is 38.7 Å². The monoisotopic (exact) mass is 357 g/mol. The molecule has 1 amide bonds. The number of carbonyl (C=O) groups is 1. The molecule has 1 aliphatic carbocycles. The van der Waals surface area contributed by atoms with Crippen molar-refractivity contribution in [1.29, 1.82) is 0 Å².